The van der Waals surface area contributed by atoms with Crippen LogP contribution in [0.25, 0.3) is 0 Å². The number of carboxylic acid groups (broad SMARTS) is 1. The predicted molar refractivity (Wildman–Crippen MR) is 64.6 cm³/mol. The molecule has 1 saturated heterocycles. The van der Waals surface area contributed by atoms with Crippen molar-refractivity contribution in [2.75, 3.05) is 26.2 Å². The third-order valence-electron chi connectivity index (χ3n) is 2.98. The number of ether oxygens (including phenoxy) is 1. The highest BCUT2D eigenvalue weighted by molar-refractivity contribution is 5.87. The van der Waals surface area contributed by atoms with Crippen molar-refractivity contribution in [1.82, 2.24) is 4.90 Å². The molecule has 0 amide bonds. The lowest BCUT2D eigenvalue weighted by Crippen LogP contribution is -2.25. The minimum absolute atomic E-state index is 0.289. The van der Waals surface area contributed by atoms with Crippen LogP contribution in [0.1, 0.15) is 23.2 Å². The summed E-state index contributed by atoms with van der Waals surface area (Å²) in [7, 11) is 0. The highest BCUT2D eigenvalue weighted by atomic mass is 16.5. The van der Waals surface area contributed by atoms with Crippen LogP contribution in [0.15, 0.2) is 24.3 Å². The number of benzene rings is 1. The van der Waals surface area contributed by atoms with Crippen LogP contribution in [0.4, 0.5) is 0 Å². The Labute approximate surface area is 101 Å². The standard InChI is InChI=1S/C13H17NO3/c15-13(16)11-3-5-12(6-4-11)17-10-9-14-7-1-2-8-14/h3-6H,1-2,7-10H2,(H,15,16). The molecular formula is C13H17NO3. The first-order valence-corrected chi connectivity index (χ1v) is 5.94. The molecule has 0 bridgehead atoms. The van der Waals surface area contributed by atoms with Crippen molar-refractivity contribution >= 4 is 5.97 Å². The maximum absolute atomic E-state index is 10.7. The molecule has 0 atom stereocenters. The van der Waals surface area contributed by atoms with Gasteiger partial charge in [0.1, 0.15) is 12.4 Å². The number of hydrogen-bond donors (Lipinski definition) is 1. The van der Waals surface area contributed by atoms with E-state index in [1.807, 2.05) is 0 Å². The fourth-order valence-electron chi connectivity index (χ4n) is 1.99. The third-order valence-corrected chi connectivity index (χ3v) is 2.98. The average molecular weight is 235 g/mol. The van der Waals surface area contributed by atoms with Crippen molar-refractivity contribution in [3.8, 4) is 5.75 Å². The van der Waals surface area contributed by atoms with Crippen molar-refractivity contribution in [3.63, 3.8) is 0 Å². The molecule has 92 valence electrons. The van der Waals surface area contributed by atoms with Gasteiger partial charge < -0.3 is 9.84 Å². The minimum Gasteiger partial charge on any atom is -0.492 e. The maximum Gasteiger partial charge on any atom is 0.335 e. The zero-order valence-corrected chi connectivity index (χ0v) is 9.76. The Kier molecular flexibility index (Phi) is 3.98. The van der Waals surface area contributed by atoms with Crippen LogP contribution in [0, 0.1) is 0 Å². The van der Waals surface area contributed by atoms with E-state index in [1.165, 1.54) is 25.9 Å². The molecule has 0 aliphatic carbocycles. The molecule has 0 unspecified atom stereocenters. The van der Waals surface area contributed by atoms with Gasteiger partial charge in [-0.3, -0.25) is 4.90 Å². The normalized spacial score (nSPS) is 16.0. The van der Waals surface area contributed by atoms with Gasteiger partial charge in [-0.15, -0.1) is 0 Å². The summed E-state index contributed by atoms with van der Waals surface area (Å²) in [4.78, 5) is 13.0. The largest absolute Gasteiger partial charge is 0.492 e. The fraction of sp³-hybridized carbons (Fsp3) is 0.462. The van der Waals surface area contributed by atoms with Crippen LogP contribution in [0.3, 0.4) is 0 Å². The summed E-state index contributed by atoms with van der Waals surface area (Å²) < 4.78 is 5.57. The topological polar surface area (TPSA) is 49.8 Å². The molecule has 1 aromatic carbocycles. The molecule has 1 aliphatic rings. The van der Waals surface area contributed by atoms with Gasteiger partial charge >= 0.3 is 5.97 Å². The van der Waals surface area contributed by atoms with Crippen LogP contribution >= 0.6 is 0 Å². The molecule has 1 aliphatic heterocycles. The SMILES string of the molecule is O=C(O)c1ccc(OCCN2CCCC2)cc1. The summed E-state index contributed by atoms with van der Waals surface area (Å²) in [6.45, 7) is 3.94. The van der Waals surface area contributed by atoms with Crippen molar-refractivity contribution in [1.29, 1.82) is 0 Å². The summed E-state index contributed by atoms with van der Waals surface area (Å²) >= 11 is 0. The van der Waals surface area contributed by atoms with Gasteiger partial charge in [-0.25, -0.2) is 4.79 Å². The number of rotatable bonds is 5. The van der Waals surface area contributed by atoms with Gasteiger partial charge in [-0.1, -0.05) is 0 Å². The zero-order chi connectivity index (χ0) is 12.1. The van der Waals surface area contributed by atoms with Gasteiger partial charge in [0.25, 0.3) is 0 Å². The molecule has 0 radical (unpaired) electrons. The summed E-state index contributed by atoms with van der Waals surface area (Å²) in [5.74, 6) is -0.178. The summed E-state index contributed by atoms with van der Waals surface area (Å²) in [5, 5.41) is 8.75. The third kappa shape index (κ3) is 3.46. The second kappa shape index (κ2) is 5.68. The second-order valence-electron chi connectivity index (χ2n) is 4.23. The molecule has 0 saturated carbocycles. The second-order valence-corrected chi connectivity index (χ2v) is 4.23. The average Bonchev–Trinajstić information content (AvgIpc) is 2.83. The van der Waals surface area contributed by atoms with E-state index in [4.69, 9.17) is 9.84 Å². The molecule has 17 heavy (non-hydrogen) atoms. The number of carboxylic acids is 1. The van der Waals surface area contributed by atoms with E-state index < -0.39 is 5.97 Å². The Morgan fingerprint density at radius 1 is 1.24 bits per heavy atom. The smallest absolute Gasteiger partial charge is 0.335 e. The Bertz CT molecular complexity index is 369. The number of hydrogen-bond acceptors (Lipinski definition) is 3. The van der Waals surface area contributed by atoms with Crippen molar-refractivity contribution in [2.24, 2.45) is 0 Å². The summed E-state index contributed by atoms with van der Waals surface area (Å²) in [6.07, 6.45) is 2.57. The first kappa shape index (κ1) is 11.9. The van der Waals surface area contributed by atoms with E-state index >= 15 is 0 Å². The van der Waals surface area contributed by atoms with Gasteiger partial charge in [0, 0.05) is 6.54 Å². The lowest BCUT2D eigenvalue weighted by Gasteiger charge is -2.14. The summed E-state index contributed by atoms with van der Waals surface area (Å²) in [6, 6.07) is 6.53. The van der Waals surface area contributed by atoms with E-state index in [1.54, 1.807) is 24.3 Å². The quantitative estimate of drug-likeness (QED) is 0.846. The molecular weight excluding hydrogens is 218 g/mol. The van der Waals surface area contributed by atoms with Crippen LogP contribution in [-0.2, 0) is 0 Å². The molecule has 0 aromatic heterocycles. The molecule has 1 N–H and O–H groups in total. The lowest BCUT2D eigenvalue weighted by atomic mass is 10.2. The molecule has 1 aromatic rings. The Morgan fingerprint density at radius 3 is 2.47 bits per heavy atom. The number of nitrogens with zero attached hydrogens (tertiary/aromatic N) is 1. The van der Waals surface area contributed by atoms with E-state index in [0.717, 1.165) is 12.3 Å². The van der Waals surface area contributed by atoms with Gasteiger partial charge in [0.05, 0.1) is 5.56 Å². The molecule has 4 nitrogen and oxygen atoms in total. The molecule has 1 heterocycles. The van der Waals surface area contributed by atoms with Crippen LogP contribution < -0.4 is 4.74 Å². The van der Waals surface area contributed by atoms with E-state index in [0.29, 0.717) is 6.61 Å². The number of aromatic carboxylic acids is 1. The van der Waals surface area contributed by atoms with E-state index in [2.05, 4.69) is 4.90 Å². The van der Waals surface area contributed by atoms with E-state index in [9.17, 15) is 4.79 Å². The highest BCUT2D eigenvalue weighted by Gasteiger charge is 2.10. The van der Waals surface area contributed by atoms with Gasteiger partial charge in [0.15, 0.2) is 0 Å². The van der Waals surface area contributed by atoms with Gasteiger partial charge in [-0.05, 0) is 50.2 Å². The first-order valence-electron chi connectivity index (χ1n) is 5.94. The Hall–Kier alpha value is -1.55. The van der Waals surface area contributed by atoms with Crippen molar-refractivity contribution in [2.45, 2.75) is 12.8 Å². The fourth-order valence-corrected chi connectivity index (χ4v) is 1.99. The number of likely N-dealkylation sites (tertiary alicyclic amines) is 1. The number of carbonyl (C=O) groups is 1. The van der Waals surface area contributed by atoms with Gasteiger partial charge in [-0.2, -0.15) is 0 Å². The molecule has 0 spiro atoms. The van der Waals surface area contributed by atoms with Crippen molar-refractivity contribution < 1.29 is 14.6 Å². The predicted octanol–water partition coefficient (Wildman–Crippen LogP) is 1.86. The highest BCUT2D eigenvalue weighted by Crippen LogP contribution is 2.13. The van der Waals surface area contributed by atoms with E-state index in [-0.39, 0.29) is 5.56 Å². The molecule has 4 heteroatoms. The Morgan fingerprint density at radius 2 is 1.88 bits per heavy atom. The van der Waals surface area contributed by atoms with Crippen LogP contribution in [-0.4, -0.2) is 42.2 Å². The first-order chi connectivity index (χ1) is 8.25. The maximum atomic E-state index is 10.7. The lowest BCUT2D eigenvalue weighted by molar-refractivity contribution is 0.0697. The monoisotopic (exact) mass is 235 g/mol. The Balaban J connectivity index is 1.76. The van der Waals surface area contributed by atoms with Gasteiger partial charge in [0.2, 0.25) is 0 Å². The molecule has 2 rings (SSSR count). The van der Waals surface area contributed by atoms with Crippen molar-refractivity contribution in [3.05, 3.63) is 29.8 Å². The molecule has 1 fully saturated rings. The van der Waals surface area contributed by atoms with Crippen LogP contribution in [0.5, 0.6) is 5.75 Å². The van der Waals surface area contributed by atoms with Crippen LogP contribution in [0.2, 0.25) is 0 Å². The minimum atomic E-state index is -0.909. The zero-order valence-electron chi connectivity index (χ0n) is 9.76. The summed E-state index contributed by atoms with van der Waals surface area (Å²) in [5.41, 5.74) is 0.289.